The van der Waals surface area contributed by atoms with Crippen molar-refractivity contribution in [1.29, 1.82) is 0 Å². The number of hydrogen-bond donors (Lipinski definition) is 2. The zero-order chi connectivity index (χ0) is 14.3. The number of fused-ring (bicyclic) bond motifs is 1. The summed E-state index contributed by atoms with van der Waals surface area (Å²) in [4.78, 5) is 20.3. The molecule has 2 aromatic heterocycles. The Kier molecular flexibility index (Phi) is 3.02. The first kappa shape index (κ1) is 13.1. The van der Waals surface area contributed by atoms with Crippen LogP contribution in [0.5, 0.6) is 0 Å². The quantitative estimate of drug-likeness (QED) is 0.868. The predicted molar refractivity (Wildman–Crippen MR) is 74.6 cm³/mol. The number of nitrogens with zero attached hydrogens (tertiary/aromatic N) is 3. The summed E-state index contributed by atoms with van der Waals surface area (Å²) in [6.45, 7) is 4.12. The van der Waals surface area contributed by atoms with Crippen molar-refractivity contribution < 1.29 is 9.90 Å². The minimum atomic E-state index is -1.08. The molecule has 0 spiro atoms. The predicted octanol–water partition coefficient (Wildman–Crippen LogP) is 1.35. The van der Waals surface area contributed by atoms with Gasteiger partial charge in [-0.3, -0.25) is 10.3 Å². The summed E-state index contributed by atoms with van der Waals surface area (Å²) in [7, 11) is 0. The standard InChI is InChI=1S/C13H14N4O2S/c1-7-16-11(20-17-7)10-8-3-6-15-13(2,12(18)19)9(8)4-5-14-10/h4-5,15H,3,6H2,1-2H3,(H,18,19). The molecular weight excluding hydrogens is 276 g/mol. The van der Waals surface area contributed by atoms with Crippen molar-refractivity contribution in [1.82, 2.24) is 19.7 Å². The SMILES string of the molecule is Cc1nsc(-c2nccc3c2CCNC3(C)C(=O)O)n1. The van der Waals surface area contributed by atoms with Crippen molar-refractivity contribution in [3.8, 4) is 10.7 Å². The number of aliphatic carboxylic acids is 1. The molecule has 6 nitrogen and oxygen atoms in total. The molecule has 0 fully saturated rings. The fraction of sp³-hybridized carbons (Fsp3) is 0.385. The minimum absolute atomic E-state index is 0.603. The molecule has 0 aromatic carbocycles. The van der Waals surface area contributed by atoms with E-state index in [1.807, 2.05) is 6.92 Å². The third kappa shape index (κ3) is 1.90. The van der Waals surface area contributed by atoms with Gasteiger partial charge in [-0.15, -0.1) is 0 Å². The molecule has 0 aliphatic carbocycles. The highest BCUT2D eigenvalue weighted by molar-refractivity contribution is 7.09. The molecule has 2 N–H and O–H groups in total. The molecule has 3 heterocycles. The van der Waals surface area contributed by atoms with Crippen LogP contribution in [0.4, 0.5) is 0 Å². The number of aromatic nitrogens is 3. The molecule has 1 aliphatic heterocycles. The number of nitrogens with one attached hydrogen (secondary N) is 1. The molecule has 0 bridgehead atoms. The van der Waals surface area contributed by atoms with E-state index in [-0.39, 0.29) is 0 Å². The van der Waals surface area contributed by atoms with E-state index in [0.717, 1.165) is 28.2 Å². The van der Waals surface area contributed by atoms with E-state index in [2.05, 4.69) is 19.7 Å². The second kappa shape index (κ2) is 4.60. The van der Waals surface area contributed by atoms with Crippen molar-refractivity contribution in [2.24, 2.45) is 0 Å². The lowest BCUT2D eigenvalue weighted by Gasteiger charge is -2.33. The van der Waals surface area contributed by atoms with Gasteiger partial charge < -0.3 is 5.11 Å². The molecule has 1 atom stereocenters. The molecule has 0 saturated heterocycles. The van der Waals surface area contributed by atoms with Gasteiger partial charge in [0.15, 0.2) is 5.01 Å². The fourth-order valence-electron chi connectivity index (χ4n) is 2.52. The molecule has 3 rings (SSSR count). The van der Waals surface area contributed by atoms with Gasteiger partial charge in [0.2, 0.25) is 0 Å². The number of carboxylic acids is 1. The van der Waals surface area contributed by atoms with E-state index in [0.29, 0.717) is 12.4 Å². The first-order valence-electron chi connectivity index (χ1n) is 6.30. The zero-order valence-corrected chi connectivity index (χ0v) is 12.0. The summed E-state index contributed by atoms with van der Waals surface area (Å²) in [6, 6.07) is 1.77. The normalized spacial score (nSPS) is 21.5. The summed E-state index contributed by atoms with van der Waals surface area (Å²) in [5, 5.41) is 13.3. The van der Waals surface area contributed by atoms with Crippen LogP contribution in [0, 0.1) is 6.92 Å². The molecule has 1 aliphatic rings. The van der Waals surface area contributed by atoms with Crippen LogP contribution in [0.2, 0.25) is 0 Å². The van der Waals surface area contributed by atoms with E-state index < -0.39 is 11.5 Å². The first-order valence-corrected chi connectivity index (χ1v) is 7.07. The first-order chi connectivity index (χ1) is 9.52. The molecular formula is C13H14N4O2S. The van der Waals surface area contributed by atoms with E-state index in [4.69, 9.17) is 0 Å². The summed E-state index contributed by atoms with van der Waals surface area (Å²) in [5.41, 5.74) is 1.38. The van der Waals surface area contributed by atoms with Crippen LogP contribution in [-0.2, 0) is 16.8 Å². The highest BCUT2D eigenvalue weighted by atomic mass is 32.1. The Bertz CT molecular complexity index is 685. The van der Waals surface area contributed by atoms with Crippen molar-refractivity contribution >= 4 is 17.5 Å². The van der Waals surface area contributed by atoms with E-state index in [1.54, 1.807) is 19.2 Å². The molecule has 104 valence electrons. The van der Waals surface area contributed by atoms with Crippen molar-refractivity contribution in [2.75, 3.05) is 6.54 Å². The van der Waals surface area contributed by atoms with Crippen molar-refractivity contribution in [2.45, 2.75) is 25.8 Å². The highest BCUT2D eigenvalue weighted by Gasteiger charge is 2.40. The van der Waals surface area contributed by atoms with Crippen LogP contribution in [0.1, 0.15) is 23.9 Å². The van der Waals surface area contributed by atoms with Crippen LogP contribution < -0.4 is 5.32 Å². The van der Waals surface area contributed by atoms with Gasteiger partial charge in [0.25, 0.3) is 0 Å². The zero-order valence-electron chi connectivity index (χ0n) is 11.2. The topological polar surface area (TPSA) is 88.0 Å². The van der Waals surface area contributed by atoms with Gasteiger partial charge >= 0.3 is 5.97 Å². The van der Waals surface area contributed by atoms with Crippen LogP contribution in [0.25, 0.3) is 10.7 Å². The lowest BCUT2D eigenvalue weighted by atomic mass is 9.83. The smallest absolute Gasteiger partial charge is 0.328 e. The number of pyridine rings is 1. The summed E-state index contributed by atoms with van der Waals surface area (Å²) >= 11 is 1.29. The Hall–Kier alpha value is -1.86. The van der Waals surface area contributed by atoms with E-state index in [1.165, 1.54) is 11.5 Å². The summed E-state index contributed by atoms with van der Waals surface area (Å²) in [6.07, 6.45) is 2.37. The van der Waals surface area contributed by atoms with Crippen molar-refractivity contribution in [3.05, 3.63) is 29.2 Å². The number of rotatable bonds is 2. The Morgan fingerprint density at radius 3 is 3.00 bits per heavy atom. The van der Waals surface area contributed by atoms with Gasteiger partial charge in [-0.1, -0.05) is 0 Å². The third-order valence-electron chi connectivity index (χ3n) is 3.61. The Morgan fingerprint density at radius 2 is 2.35 bits per heavy atom. The lowest BCUT2D eigenvalue weighted by Crippen LogP contribution is -2.51. The monoisotopic (exact) mass is 290 g/mol. The molecule has 0 saturated carbocycles. The number of carbonyl (C=O) groups is 1. The third-order valence-corrected chi connectivity index (χ3v) is 4.42. The largest absolute Gasteiger partial charge is 0.480 e. The van der Waals surface area contributed by atoms with Gasteiger partial charge in [0, 0.05) is 12.7 Å². The highest BCUT2D eigenvalue weighted by Crippen LogP contribution is 2.34. The average Bonchev–Trinajstić information content (AvgIpc) is 2.85. The van der Waals surface area contributed by atoms with E-state index in [9.17, 15) is 9.90 Å². The minimum Gasteiger partial charge on any atom is -0.480 e. The lowest BCUT2D eigenvalue weighted by molar-refractivity contribution is -0.144. The maximum atomic E-state index is 11.6. The molecule has 7 heteroatoms. The Labute approximate surface area is 120 Å². The number of carboxylic acid groups (broad SMARTS) is 1. The summed E-state index contributed by atoms with van der Waals surface area (Å²) < 4.78 is 4.17. The molecule has 0 amide bonds. The van der Waals surface area contributed by atoms with Crippen molar-refractivity contribution in [3.63, 3.8) is 0 Å². The van der Waals surface area contributed by atoms with Gasteiger partial charge in [0.1, 0.15) is 17.1 Å². The average molecular weight is 290 g/mol. The molecule has 1 unspecified atom stereocenters. The van der Waals surface area contributed by atoms with E-state index >= 15 is 0 Å². The van der Waals surface area contributed by atoms with Crippen LogP contribution in [0.15, 0.2) is 12.3 Å². The molecule has 20 heavy (non-hydrogen) atoms. The Morgan fingerprint density at radius 1 is 1.55 bits per heavy atom. The van der Waals surface area contributed by atoms with Crippen LogP contribution in [0.3, 0.4) is 0 Å². The number of aryl methyl sites for hydroxylation is 1. The van der Waals surface area contributed by atoms with Gasteiger partial charge in [-0.05, 0) is 49.0 Å². The van der Waals surface area contributed by atoms with Gasteiger partial charge in [0.05, 0.1) is 0 Å². The fourth-order valence-corrected chi connectivity index (χ4v) is 3.21. The van der Waals surface area contributed by atoms with Crippen LogP contribution >= 0.6 is 11.5 Å². The van der Waals surface area contributed by atoms with Gasteiger partial charge in [-0.25, -0.2) is 9.78 Å². The second-order valence-electron chi connectivity index (χ2n) is 4.94. The maximum Gasteiger partial charge on any atom is 0.328 e. The van der Waals surface area contributed by atoms with Gasteiger partial charge in [-0.2, -0.15) is 4.37 Å². The second-order valence-corrected chi connectivity index (χ2v) is 5.69. The van der Waals surface area contributed by atoms with Crippen LogP contribution in [-0.4, -0.2) is 32.0 Å². The summed E-state index contributed by atoms with van der Waals surface area (Å²) in [5.74, 6) is -0.177. The molecule has 0 radical (unpaired) electrons. The Balaban J connectivity index is 2.19. The number of hydrogen-bond acceptors (Lipinski definition) is 6. The molecule has 2 aromatic rings. The maximum absolute atomic E-state index is 11.6.